The first-order chi connectivity index (χ1) is 30.7. The average molecular weight is 971 g/mol. The van der Waals surface area contributed by atoms with E-state index >= 15 is 0 Å². The van der Waals surface area contributed by atoms with Crippen molar-refractivity contribution in [1.29, 1.82) is 0 Å². The number of nitrogens with one attached hydrogen (secondary N) is 2. The summed E-state index contributed by atoms with van der Waals surface area (Å²) in [6.07, 6.45) is 7.49. The van der Waals surface area contributed by atoms with Gasteiger partial charge in [-0.2, -0.15) is 0 Å². The highest BCUT2D eigenvalue weighted by Gasteiger charge is 2.36. The maximum absolute atomic E-state index is 11.8. The molecule has 0 spiro atoms. The molecule has 0 aliphatic carbocycles. The number of aliphatic hydroxyl groups excluding tert-OH is 1. The molecule has 0 fully saturated rings. The number of aromatic amines is 2. The average Bonchev–Trinajstić information content (AvgIpc) is 3.96. The standard InChI is InChI=1S/C26H26N2O3.C21H22INO2.C6H7NO/c1-17(2)26(3,23-15-28-24-14-18(25(29)30)7-12-22(23)24)19-8-10-21(11-9-19)31-16-20-6-4-5-13-27-20;1-13(2)21(3,15-6-8-16(22)9-7-15)18-12-23-19-11-14(20(24)25-4)5-10-17(18)19;8-5-6-3-1-2-4-7-6/h4-15,17,28H,16H2,1-3H3,(H,29,30);5-13,23H,1-4H3;1-4,8H,5H2. The lowest BCUT2D eigenvalue weighted by Gasteiger charge is -2.35. The highest BCUT2D eigenvalue weighted by atomic mass is 127. The monoisotopic (exact) mass is 970 g/mol. The van der Waals surface area contributed by atoms with Crippen LogP contribution < -0.4 is 4.74 Å². The summed E-state index contributed by atoms with van der Waals surface area (Å²) < 4.78 is 11.9. The van der Waals surface area contributed by atoms with Gasteiger partial charge in [0, 0.05) is 61.0 Å². The predicted octanol–water partition coefficient (Wildman–Crippen LogP) is 11.9. The first-order valence-electron chi connectivity index (χ1n) is 21.2. The van der Waals surface area contributed by atoms with E-state index in [0.29, 0.717) is 29.7 Å². The summed E-state index contributed by atoms with van der Waals surface area (Å²) in [5, 5.41) is 19.9. The topological polar surface area (TPSA) is 150 Å². The van der Waals surface area contributed by atoms with Gasteiger partial charge in [-0.05, 0) is 129 Å². The minimum atomic E-state index is -0.925. The number of carboxylic acids is 1. The number of ether oxygens (including phenoxy) is 2. The van der Waals surface area contributed by atoms with Crippen LogP contribution in [0, 0.1) is 15.4 Å². The van der Waals surface area contributed by atoms with E-state index in [9.17, 15) is 14.7 Å². The first kappa shape index (κ1) is 47.2. The normalized spacial score (nSPS) is 13.0. The van der Waals surface area contributed by atoms with Gasteiger partial charge >= 0.3 is 11.9 Å². The van der Waals surface area contributed by atoms with Crippen molar-refractivity contribution in [2.75, 3.05) is 7.11 Å². The smallest absolute Gasteiger partial charge is 0.337 e. The lowest BCUT2D eigenvalue weighted by Crippen LogP contribution is -2.29. The third kappa shape index (κ3) is 10.4. The molecule has 0 radical (unpaired) electrons. The van der Waals surface area contributed by atoms with E-state index < -0.39 is 5.97 Å². The number of aromatic nitrogens is 4. The molecule has 64 heavy (non-hydrogen) atoms. The molecule has 4 N–H and O–H groups in total. The van der Waals surface area contributed by atoms with Crippen molar-refractivity contribution >= 4 is 56.3 Å². The van der Waals surface area contributed by atoms with Gasteiger partial charge in [-0.25, -0.2) is 9.59 Å². The van der Waals surface area contributed by atoms with Crippen molar-refractivity contribution in [2.24, 2.45) is 11.8 Å². The number of halogens is 1. The molecule has 11 heteroatoms. The van der Waals surface area contributed by atoms with E-state index in [1.807, 2.05) is 72.9 Å². The van der Waals surface area contributed by atoms with E-state index in [1.165, 1.54) is 27.4 Å². The van der Waals surface area contributed by atoms with Crippen LogP contribution in [0.2, 0.25) is 0 Å². The number of methoxy groups -OCH3 is 1. The molecule has 10 nitrogen and oxygen atoms in total. The van der Waals surface area contributed by atoms with Gasteiger partial charge < -0.3 is 29.7 Å². The minimum absolute atomic E-state index is 0.0286. The van der Waals surface area contributed by atoms with Gasteiger partial charge in [0.05, 0.1) is 36.2 Å². The first-order valence-corrected chi connectivity index (χ1v) is 22.2. The van der Waals surface area contributed by atoms with Gasteiger partial charge in [0.15, 0.2) is 0 Å². The zero-order chi connectivity index (χ0) is 46.0. The number of pyridine rings is 2. The largest absolute Gasteiger partial charge is 0.487 e. The fourth-order valence-electron chi connectivity index (χ4n) is 7.92. The van der Waals surface area contributed by atoms with Crippen LogP contribution in [0.5, 0.6) is 5.75 Å². The van der Waals surface area contributed by atoms with Gasteiger partial charge in [0.2, 0.25) is 0 Å². The Morgan fingerprint density at radius 1 is 0.672 bits per heavy atom. The molecule has 8 rings (SSSR count). The van der Waals surface area contributed by atoms with Gasteiger partial charge in [0.25, 0.3) is 0 Å². The molecule has 0 saturated carbocycles. The van der Waals surface area contributed by atoms with Crippen molar-refractivity contribution in [3.63, 3.8) is 0 Å². The zero-order valence-corrected chi connectivity index (χ0v) is 39.4. The van der Waals surface area contributed by atoms with Crippen LogP contribution >= 0.6 is 22.6 Å². The summed E-state index contributed by atoms with van der Waals surface area (Å²) in [7, 11) is 1.40. The van der Waals surface area contributed by atoms with E-state index in [2.05, 4.69) is 127 Å². The lowest BCUT2D eigenvalue weighted by atomic mass is 9.68. The number of aliphatic hydroxyl groups is 1. The van der Waals surface area contributed by atoms with Gasteiger partial charge in [-0.15, -0.1) is 0 Å². The number of carbonyl (C=O) groups is 2. The molecular weight excluding hydrogens is 916 g/mol. The van der Waals surface area contributed by atoms with E-state index in [0.717, 1.165) is 38.8 Å². The Hall–Kier alpha value is -6.31. The van der Waals surface area contributed by atoms with Crippen molar-refractivity contribution in [3.8, 4) is 5.75 Å². The Morgan fingerprint density at radius 2 is 1.16 bits per heavy atom. The molecule has 0 aliphatic heterocycles. The summed E-state index contributed by atoms with van der Waals surface area (Å²) in [5.41, 5.74) is 8.70. The van der Waals surface area contributed by atoms with Crippen LogP contribution in [0.15, 0.2) is 146 Å². The highest BCUT2D eigenvalue weighted by molar-refractivity contribution is 14.1. The molecular formula is C53H55IN4O6. The Labute approximate surface area is 388 Å². The van der Waals surface area contributed by atoms with Crippen molar-refractivity contribution in [1.82, 2.24) is 19.9 Å². The third-order valence-electron chi connectivity index (χ3n) is 12.4. The summed E-state index contributed by atoms with van der Waals surface area (Å²) in [4.78, 5) is 37.9. The molecule has 0 aliphatic rings. The number of nitrogens with zero attached hydrogens (tertiary/aromatic N) is 2. The molecule has 4 aromatic carbocycles. The number of fused-ring (bicyclic) bond motifs is 2. The van der Waals surface area contributed by atoms with Crippen LogP contribution in [0.4, 0.5) is 0 Å². The number of benzene rings is 4. The number of carbonyl (C=O) groups excluding carboxylic acids is 1. The predicted molar refractivity (Wildman–Crippen MR) is 262 cm³/mol. The zero-order valence-electron chi connectivity index (χ0n) is 37.2. The summed E-state index contributed by atoms with van der Waals surface area (Å²) in [5.74, 6) is 0.275. The number of carboxylic acid groups (broad SMARTS) is 1. The Balaban J connectivity index is 0.000000184. The van der Waals surface area contributed by atoms with E-state index in [1.54, 1.807) is 30.6 Å². The molecule has 0 bridgehead atoms. The number of hydrogen-bond donors (Lipinski definition) is 4. The van der Waals surface area contributed by atoms with Gasteiger partial charge in [-0.1, -0.05) is 90.1 Å². The van der Waals surface area contributed by atoms with E-state index in [4.69, 9.17) is 14.6 Å². The second kappa shape index (κ2) is 20.9. The second-order valence-corrected chi connectivity index (χ2v) is 17.8. The minimum Gasteiger partial charge on any atom is -0.487 e. The molecule has 2 atom stereocenters. The Bertz CT molecular complexity index is 2790. The highest BCUT2D eigenvalue weighted by Crippen LogP contribution is 2.44. The fourth-order valence-corrected chi connectivity index (χ4v) is 8.27. The summed E-state index contributed by atoms with van der Waals surface area (Å²) in [6, 6.07) is 39.1. The van der Waals surface area contributed by atoms with Crippen molar-refractivity contribution < 1.29 is 29.3 Å². The summed E-state index contributed by atoms with van der Waals surface area (Å²) >= 11 is 2.33. The maximum Gasteiger partial charge on any atom is 0.337 e. The Morgan fingerprint density at radius 3 is 1.59 bits per heavy atom. The molecule has 0 amide bonds. The molecule has 330 valence electrons. The van der Waals surface area contributed by atoms with Crippen LogP contribution in [-0.2, 0) is 28.8 Å². The lowest BCUT2D eigenvalue weighted by molar-refractivity contribution is 0.0600. The quantitative estimate of drug-likeness (QED) is 0.0698. The number of esters is 1. The van der Waals surface area contributed by atoms with E-state index in [-0.39, 0.29) is 29.0 Å². The molecule has 8 aromatic rings. The SMILES string of the molecule is CC(C)C(C)(c1ccc(OCc2ccccn2)cc1)c1c[nH]c2cc(C(=O)O)ccc12.COC(=O)c1ccc2c(C(C)(c3ccc(I)cc3)C(C)C)c[nH]c2c1.OCc1ccccn1. The molecule has 4 aromatic heterocycles. The van der Waals surface area contributed by atoms with Gasteiger partial charge in [-0.3, -0.25) is 9.97 Å². The number of aromatic carboxylic acids is 1. The summed E-state index contributed by atoms with van der Waals surface area (Å²) in [6.45, 7) is 13.9. The third-order valence-corrected chi connectivity index (χ3v) is 13.1. The molecule has 4 heterocycles. The number of hydrogen-bond acceptors (Lipinski definition) is 7. The maximum atomic E-state index is 11.8. The van der Waals surface area contributed by atoms with Crippen molar-refractivity contribution in [3.05, 3.63) is 194 Å². The van der Waals surface area contributed by atoms with Crippen LogP contribution in [0.1, 0.15) is 95.9 Å². The van der Waals surface area contributed by atoms with Crippen molar-refractivity contribution in [2.45, 2.75) is 65.6 Å². The Kier molecular flexibility index (Phi) is 15.4. The van der Waals surface area contributed by atoms with Gasteiger partial charge in [0.1, 0.15) is 12.4 Å². The fraction of sp³-hybridized carbons (Fsp3) is 0.245. The molecule has 2 unspecified atom stereocenters. The molecule has 0 saturated heterocycles. The van der Waals surface area contributed by atoms with Crippen LogP contribution in [-0.4, -0.2) is 49.2 Å². The number of rotatable bonds is 12. The van der Waals surface area contributed by atoms with Crippen LogP contribution in [0.3, 0.4) is 0 Å². The van der Waals surface area contributed by atoms with Crippen LogP contribution in [0.25, 0.3) is 21.8 Å². The number of H-pyrrole nitrogens is 2. The second-order valence-electron chi connectivity index (χ2n) is 16.6.